The van der Waals surface area contributed by atoms with Gasteiger partial charge in [0.2, 0.25) is 21.8 Å². The summed E-state index contributed by atoms with van der Waals surface area (Å²) in [5, 5.41) is 5.28. The Balaban J connectivity index is 1.48. The van der Waals surface area contributed by atoms with Gasteiger partial charge in [-0.2, -0.15) is 4.72 Å². The Bertz CT molecular complexity index is 1210. The van der Waals surface area contributed by atoms with Gasteiger partial charge in [-0.1, -0.05) is 18.2 Å². The molecule has 178 valence electrons. The van der Waals surface area contributed by atoms with Crippen molar-refractivity contribution in [2.24, 2.45) is 0 Å². The summed E-state index contributed by atoms with van der Waals surface area (Å²) < 4.78 is 33.2. The van der Waals surface area contributed by atoms with Crippen LogP contribution < -0.4 is 20.1 Å². The van der Waals surface area contributed by atoms with Crippen LogP contribution in [0.25, 0.3) is 0 Å². The molecule has 2 amide bonds. The second-order valence-corrected chi connectivity index (χ2v) is 9.27. The zero-order chi connectivity index (χ0) is 24.6. The van der Waals surface area contributed by atoms with E-state index >= 15 is 0 Å². The Hall–Kier alpha value is -3.76. The van der Waals surface area contributed by atoms with Crippen molar-refractivity contribution in [1.82, 2.24) is 15.0 Å². The number of sulfonamides is 1. The lowest BCUT2D eigenvalue weighted by molar-refractivity contribution is -0.122. The van der Waals surface area contributed by atoms with E-state index in [1.165, 1.54) is 38.1 Å². The predicted molar refractivity (Wildman–Crippen MR) is 127 cm³/mol. The molecule has 2 aromatic carbocycles. The minimum Gasteiger partial charge on any atom is -0.489 e. The number of nitrogens with one attached hydrogen (secondary N) is 3. The summed E-state index contributed by atoms with van der Waals surface area (Å²) in [6, 6.07) is 15.7. The molecule has 1 aromatic heterocycles. The summed E-state index contributed by atoms with van der Waals surface area (Å²) in [5.41, 5.74) is 2.27. The van der Waals surface area contributed by atoms with Crippen molar-refractivity contribution >= 4 is 27.5 Å². The Kier molecular flexibility index (Phi) is 8.34. The normalized spacial score (nSPS) is 11.9. The van der Waals surface area contributed by atoms with Gasteiger partial charge in [0.15, 0.2) is 0 Å². The van der Waals surface area contributed by atoms with Gasteiger partial charge in [-0.3, -0.25) is 14.6 Å². The standard InChI is InChI=1S/C24H26N4O5S/c1-17(28-34(31,32)23-11-7-21(8-12-23)27-18(2)29)24(30)26-15-19-5-9-22(10-6-19)33-16-20-4-3-13-25-14-20/h3-14,17,28H,15-16H2,1-2H3,(H,26,30)(H,27,29)/t17-/m0/s1. The molecule has 3 N–H and O–H groups in total. The maximum atomic E-state index is 12.6. The number of aromatic nitrogens is 1. The number of hydrogen-bond acceptors (Lipinski definition) is 6. The highest BCUT2D eigenvalue weighted by atomic mass is 32.2. The highest BCUT2D eigenvalue weighted by Crippen LogP contribution is 2.15. The second-order valence-electron chi connectivity index (χ2n) is 7.56. The van der Waals surface area contributed by atoms with Gasteiger partial charge in [0, 0.05) is 37.1 Å². The third-order valence-electron chi connectivity index (χ3n) is 4.73. The van der Waals surface area contributed by atoms with Crippen LogP contribution in [0.2, 0.25) is 0 Å². The Morgan fingerprint density at radius 3 is 2.32 bits per heavy atom. The number of nitrogens with zero attached hydrogens (tertiary/aromatic N) is 1. The Labute approximate surface area is 198 Å². The van der Waals surface area contributed by atoms with Crippen LogP contribution >= 0.6 is 0 Å². The minimum atomic E-state index is -3.91. The molecule has 0 aliphatic heterocycles. The predicted octanol–water partition coefficient (Wildman–Crippen LogP) is 2.60. The molecule has 0 unspecified atom stereocenters. The van der Waals surface area contributed by atoms with E-state index < -0.39 is 22.0 Å². The number of amides is 2. The average Bonchev–Trinajstić information content (AvgIpc) is 2.82. The maximum Gasteiger partial charge on any atom is 0.241 e. The van der Waals surface area contributed by atoms with Crippen LogP contribution in [-0.4, -0.2) is 31.3 Å². The SMILES string of the molecule is CC(=O)Nc1ccc(S(=O)(=O)N[C@@H](C)C(=O)NCc2ccc(OCc3cccnc3)cc2)cc1. The number of carbonyl (C=O) groups is 2. The molecule has 1 heterocycles. The van der Waals surface area contributed by atoms with Crippen LogP contribution in [0, 0.1) is 0 Å². The Morgan fingerprint density at radius 1 is 1.00 bits per heavy atom. The molecule has 0 fully saturated rings. The first-order valence-electron chi connectivity index (χ1n) is 10.5. The lowest BCUT2D eigenvalue weighted by Crippen LogP contribution is -2.44. The molecular formula is C24H26N4O5S. The van der Waals surface area contributed by atoms with Gasteiger partial charge >= 0.3 is 0 Å². The lowest BCUT2D eigenvalue weighted by Gasteiger charge is -2.15. The zero-order valence-corrected chi connectivity index (χ0v) is 19.6. The summed E-state index contributed by atoms with van der Waals surface area (Å²) in [6.07, 6.45) is 3.44. The largest absolute Gasteiger partial charge is 0.489 e. The van der Waals surface area contributed by atoms with Crippen molar-refractivity contribution in [2.75, 3.05) is 5.32 Å². The highest BCUT2D eigenvalue weighted by Gasteiger charge is 2.22. The van der Waals surface area contributed by atoms with E-state index in [-0.39, 0.29) is 17.3 Å². The van der Waals surface area contributed by atoms with E-state index in [4.69, 9.17) is 4.74 Å². The fourth-order valence-electron chi connectivity index (χ4n) is 2.97. The lowest BCUT2D eigenvalue weighted by atomic mass is 10.2. The van der Waals surface area contributed by atoms with Gasteiger partial charge in [-0.05, 0) is 55.0 Å². The first-order chi connectivity index (χ1) is 16.2. The maximum absolute atomic E-state index is 12.6. The van der Waals surface area contributed by atoms with Crippen LogP contribution in [0.5, 0.6) is 5.75 Å². The number of anilines is 1. The molecule has 9 nitrogen and oxygen atoms in total. The van der Waals surface area contributed by atoms with Crippen LogP contribution in [0.15, 0.2) is 78.0 Å². The van der Waals surface area contributed by atoms with E-state index in [0.717, 1.165) is 11.1 Å². The molecule has 0 saturated heterocycles. The summed E-state index contributed by atoms with van der Waals surface area (Å²) >= 11 is 0. The molecule has 3 aromatic rings. The van der Waals surface area contributed by atoms with Gasteiger partial charge in [-0.15, -0.1) is 0 Å². The summed E-state index contributed by atoms with van der Waals surface area (Å²) in [4.78, 5) is 27.5. The third kappa shape index (κ3) is 7.39. The average molecular weight is 483 g/mol. The monoisotopic (exact) mass is 482 g/mol. The van der Waals surface area contributed by atoms with Gasteiger partial charge in [0.05, 0.1) is 10.9 Å². The highest BCUT2D eigenvalue weighted by molar-refractivity contribution is 7.89. The molecule has 34 heavy (non-hydrogen) atoms. The van der Waals surface area contributed by atoms with Crippen LogP contribution in [0.3, 0.4) is 0 Å². The summed E-state index contributed by atoms with van der Waals surface area (Å²) in [6.45, 7) is 3.46. The zero-order valence-electron chi connectivity index (χ0n) is 18.8. The van der Waals surface area contributed by atoms with Crippen molar-refractivity contribution in [3.8, 4) is 5.75 Å². The minimum absolute atomic E-state index is 0.0110. The van der Waals surface area contributed by atoms with Crippen molar-refractivity contribution in [3.05, 3.63) is 84.2 Å². The van der Waals surface area contributed by atoms with E-state index in [0.29, 0.717) is 18.0 Å². The fraction of sp³-hybridized carbons (Fsp3) is 0.208. The molecule has 0 spiro atoms. The number of hydrogen-bond donors (Lipinski definition) is 3. The van der Waals surface area contributed by atoms with Crippen LogP contribution in [-0.2, 0) is 32.8 Å². The van der Waals surface area contributed by atoms with Crippen LogP contribution in [0.4, 0.5) is 5.69 Å². The molecule has 3 rings (SSSR count). The summed E-state index contributed by atoms with van der Waals surface area (Å²) in [5.74, 6) is -0.0362. The molecule has 10 heteroatoms. The van der Waals surface area contributed by atoms with Crippen molar-refractivity contribution in [3.63, 3.8) is 0 Å². The number of rotatable bonds is 10. The quantitative estimate of drug-likeness (QED) is 0.408. The molecule has 0 radical (unpaired) electrons. The smallest absolute Gasteiger partial charge is 0.241 e. The van der Waals surface area contributed by atoms with Gasteiger partial charge in [0.1, 0.15) is 12.4 Å². The first-order valence-corrected chi connectivity index (χ1v) is 12.0. The fourth-order valence-corrected chi connectivity index (χ4v) is 4.17. The molecule has 1 atom stereocenters. The van der Waals surface area contributed by atoms with Crippen molar-refractivity contribution in [1.29, 1.82) is 0 Å². The molecular weight excluding hydrogens is 456 g/mol. The topological polar surface area (TPSA) is 126 Å². The number of carbonyl (C=O) groups excluding carboxylic acids is 2. The van der Waals surface area contributed by atoms with Crippen molar-refractivity contribution < 1.29 is 22.7 Å². The molecule has 0 saturated carbocycles. The second kappa shape index (κ2) is 11.4. The van der Waals surface area contributed by atoms with E-state index in [1.54, 1.807) is 24.5 Å². The molecule has 0 aliphatic carbocycles. The Morgan fingerprint density at radius 2 is 1.71 bits per heavy atom. The number of pyridine rings is 1. The van der Waals surface area contributed by atoms with Crippen LogP contribution in [0.1, 0.15) is 25.0 Å². The van der Waals surface area contributed by atoms with E-state index in [1.807, 2.05) is 24.3 Å². The van der Waals surface area contributed by atoms with E-state index in [2.05, 4.69) is 20.3 Å². The van der Waals surface area contributed by atoms with Crippen molar-refractivity contribution in [2.45, 2.75) is 37.9 Å². The number of ether oxygens (including phenoxy) is 1. The molecule has 0 bridgehead atoms. The first kappa shape index (κ1) is 24.9. The summed E-state index contributed by atoms with van der Waals surface area (Å²) in [7, 11) is -3.91. The third-order valence-corrected chi connectivity index (χ3v) is 6.29. The van der Waals surface area contributed by atoms with Gasteiger partial charge in [-0.25, -0.2) is 8.42 Å². The van der Waals surface area contributed by atoms with Gasteiger partial charge in [0.25, 0.3) is 0 Å². The molecule has 0 aliphatic rings. The van der Waals surface area contributed by atoms with Gasteiger partial charge < -0.3 is 15.4 Å². The van der Waals surface area contributed by atoms with E-state index in [9.17, 15) is 18.0 Å². The number of benzene rings is 2.